The van der Waals surface area contributed by atoms with Crippen LogP contribution in [0.5, 0.6) is 0 Å². The van der Waals surface area contributed by atoms with E-state index < -0.39 is 17.4 Å². The fraction of sp³-hybridized carbons (Fsp3) is 0.500. The third kappa shape index (κ3) is 6.85. The van der Waals surface area contributed by atoms with E-state index in [1.54, 1.807) is 0 Å². The highest BCUT2D eigenvalue weighted by molar-refractivity contribution is 7.18. The van der Waals surface area contributed by atoms with Crippen LogP contribution in [0.15, 0.2) is 48.8 Å². The Bertz CT molecular complexity index is 1280. The zero-order chi connectivity index (χ0) is 27.4. The number of carboxylic acid groups (broad SMARTS) is 1. The Hall–Kier alpha value is -2.83. The number of unbranched alkanes of at least 4 members (excludes halogenated alkanes) is 1. The number of fused-ring (bicyclic) bond motifs is 1. The molecule has 4 atom stereocenters. The lowest BCUT2D eigenvalue weighted by molar-refractivity contribution is -0.143. The highest BCUT2D eigenvalue weighted by atomic mass is 31.0. The van der Waals surface area contributed by atoms with Gasteiger partial charge in [0.25, 0.3) is 0 Å². The Balaban J connectivity index is 1.13. The number of nitrogens with one attached hydrogen (secondary N) is 1. The number of anilines is 1. The average molecular weight is 552 g/mol. The van der Waals surface area contributed by atoms with Crippen LogP contribution in [-0.4, -0.2) is 55.8 Å². The quantitative estimate of drug-likeness (QED) is 0.246. The van der Waals surface area contributed by atoms with Gasteiger partial charge in [-0.3, -0.25) is 14.4 Å². The highest BCUT2D eigenvalue weighted by Crippen LogP contribution is 2.42. The minimum absolute atomic E-state index is 0.210. The van der Waals surface area contributed by atoms with E-state index in [9.17, 15) is 9.90 Å². The van der Waals surface area contributed by atoms with Crippen LogP contribution in [0.3, 0.4) is 0 Å². The van der Waals surface area contributed by atoms with Gasteiger partial charge in [0, 0.05) is 30.9 Å². The van der Waals surface area contributed by atoms with Gasteiger partial charge >= 0.3 is 5.97 Å². The SMILES string of the molecule is Cc1cnn(Cc2ccc(C(C(=O)O)N3CCC(C(F)(P)CCCCc4ccc5c(n4)NCCC5)C3)cc2)c1. The second-order valence-electron chi connectivity index (χ2n) is 11.2. The standard InChI is InChI=1S/C30H39FN5O2P/c1-21-17-33-36(18-21)19-22-7-9-23(10-8-22)27(29(37)38)35-16-13-25(20-35)30(31,39)14-3-2-6-26-12-11-24-5-4-15-32-28(24)34-26/h7-12,17-18,25,27H,2-6,13-16,19-20,39H2,1H3,(H,32,34)(H,37,38). The van der Waals surface area contributed by atoms with Crippen molar-refractivity contribution in [3.8, 4) is 0 Å². The molecule has 39 heavy (non-hydrogen) atoms. The van der Waals surface area contributed by atoms with Crippen LogP contribution >= 0.6 is 9.24 Å². The number of aromatic nitrogens is 3. The van der Waals surface area contributed by atoms with E-state index in [0.29, 0.717) is 32.5 Å². The van der Waals surface area contributed by atoms with Crippen LogP contribution in [-0.2, 0) is 24.2 Å². The summed E-state index contributed by atoms with van der Waals surface area (Å²) in [6.45, 7) is 4.61. The third-order valence-corrected chi connectivity index (χ3v) is 8.85. The second kappa shape index (κ2) is 12.1. The number of carboxylic acids is 1. The van der Waals surface area contributed by atoms with Crippen molar-refractivity contribution in [1.29, 1.82) is 0 Å². The summed E-state index contributed by atoms with van der Waals surface area (Å²) in [5, 5.41) is 16.4. The van der Waals surface area contributed by atoms with Crippen molar-refractivity contribution in [2.45, 2.75) is 69.9 Å². The zero-order valence-corrected chi connectivity index (χ0v) is 23.8. The van der Waals surface area contributed by atoms with Gasteiger partial charge in [0.2, 0.25) is 0 Å². The Morgan fingerprint density at radius 1 is 1.26 bits per heavy atom. The molecule has 0 amide bonds. The molecule has 0 bridgehead atoms. The van der Waals surface area contributed by atoms with Gasteiger partial charge in [-0.05, 0) is 86.7 Å². The summed E-state index contributed by atoms with van der Waals surface area (Å²) in [7, 11) is 2.45. The number of nitrogens with zero attached hydrogens (tertiary/aromatic N) is 4. The van der Waals surface area contributed by atoms with Crippen molar-refractivity contribution in [1.82, 2.24) is 19.7 Å². The molecule has 2 aliphatic heterocycles. The van der Waals surface area contributed by atoms with Crippen LogP contribution in [0, 0.1) is 12.8 Å². The lowest BCUT2D eigenvalue weighted by atomic mass is 9.96. The molecule has 2 aromatic heterocycles. The number of benzene rings is 1. The van der Waals surface area contributed by atoms with E-state index in [0.717, 1.165) is 66.9 Å². The van der Waals surface area contributed by atoms with Crippen molar-refractivity contribution >= 4 is 21.0 Å². The van der Waals surface area contributed by atoms with Gasteiger partial charge in [-0.1, -0.05) is 39.6 Å². The molecule has 0 spiro atoms. The largest absolute Gasteiger partial charge is 0.480 e. The van der Waals surface area contributed by atoms with E-state index in [-0.39, 0.29) is 5.92 Å². The van der Waals surface area contributed by atoms with Crippen LogP contribution in [0.25, 0.3) is 0 Å². The summed E-state index contributed by atoms with van der Waals surface area (Å²) in [6, 6.07) is 11.2. The van der Waals surface area contributed by atoms with Gasteiger partial charge < -0.3 is 10.4 Å². The number of likely N-dealkylation sites (tertiary alicyclic amines) is 1. The molecule has 0 aliphatic carbocycles. The average Bonchev–Trinajstić information content (AvgIpc) is 3.57. The molecular formula is C30H39FN5O2P. The van der Waals surface area contributed by atoms with Gasteiger partial charge in [-0.15, -0.1) is 0 Å². The number of carbonyl (C=O) groups is 1. The van der Waals surface area contributed by atoms with Crippen LogP contribution in [0.4, 0.5) is 10.2 Å². The Labute approximate surface area is 232 Å². The zero-order valence-electron chi connectivity index (χ0n) is 22.7. The smallest absolute Gasteiger partial charge is 0.325 e. The molecule has 2 aliphatic rings. The number of rotatable bonds is 11. The first kappa shape index (κ1) is 27.7. The van der Waals surface area contributed by atoms with Crippen molar-refractivity contribution in [3.05, 3.63) is 76.7 Å². The number of hydrogen-bond acceptors (Lipinski definition) is 5. The molecule has 1 aromatic carbocycles. The second-order valence-corrected chi connectivity index (χ2v) is 12.1. The summed E-state index contributed by atoms with van der Waals surface area (Å²) in [4.78, 5) is 19.0. The number of aryl methyl sites for hydroxylation is 3. The molecule has 4 heterocycles. The topological polar surface area (TPSA) is 83.3 Å². The maximum Gasteiger partial charge on any atom is 0.325 e. The summed E-state index contributed by atoms with van der Waals surface area (Å²) in [5.74, 6) is -0.101. The number of aliphatic carboxylic acids is 1. The minimum atomic E-state index is -1.41. The number of pyridine rings is 1. The van der Waals surface area contributed by atoms with Gasteiger partial charge in [0.1, 0.15) is 17.3 Å². The molecule has 9 heteroatoms. The number of alkyl halides is 1. The van der Waals surface area contributed by atoms with Gasteiger partial charge in [0.15, 0.2) is 0 Å². The number of hydrogen-bond donors (Lipinski definition) is 2. The maximum atomic E-state index is 15.8. The van der Waals surface area contributed by atoms with Crippen molar-refractivity contribution in [2.75, 3.05) is 25.0 Å². The summed E-state index contributed by atoms with van der Waals surface area (Å²) < 4.78 is 17.7. The summed E-state index contributed by atoms with van der Waals surface area (Å²) >= 11 is 0. The molecule has 7 nitrogen and oxygen atoms in total. The van der Waals surface area contributed by atoms with Gasteiger partial charge in [-0.2, -0.15) is 5.10 Å². The molecule has 2 N–H and O–H groups in total. The van der Waals surface area contributed by atoms with E-state index >= 15 is 4.39 Å². The lowest BCUT2D eigenvalue weighted by Gasteiger charge is -2.29. The third-order valence-electron chi connectivity index (χ3n) is 8.09. The van der Waals surface area contributed by atoms with Gasteiger partial charge in [0.05, 0.1) is 12.7 Å². The molecule has 3 aromatic rings. The first-order valence-electron chi connectivity index (χ1n) is 14.0. The predicted molar refractivity (Wildman–Crippen MR) is 155 cm³/mol. The molecule has 5 rings (SSSR count). The molecular weight excluding hydrogens is 512 g/mol. The van der Waals surface area contributed by atoms with Crippen molar-refractivity contribution in [2.24, 2.45) is 5.92 Å². The van der Waals surface area contributed by atoms with E-state index in [2.05, 4.69) is 31.8 Å². The molecule has 4 unspecified atom stereocenters. The van der Waals surface area contributed by atoms with E-state index in [1.165, 1.54) is 5.56 Å². The fourth-order valence-corrected chi connectivity index (χ4v) is 6.36. The fourth-order valence-electron chi connectivity index (χ4n) is 5.88. The van der Waals surface area contributed by atoms with E-state index in [1.807, 2.05) is 53.2 Å². The predicted octanol–water partition coefficient (Wildman–Crippen LogP) is 5.39. The van der Waals surface area contributed by atoms with Crippen LogP contribution < -0.4 is 5.32 Å². The highest BCUT2D eigenvalue weighted by Gasteiger charge is 2.42. The number of halogens is 1. The minimum Gasteiger partial charge on any atom is -0.480 e. The molecule has 1 saturated heterocycles. The molecule has 1 fully saturated rings. The first-order chi connectivity index (χ1) is 18.8. The van der Waals surface area contributed by atoms with Crippen molar-refractivity contribution < 1.29 is 14.3 Å². The Kier molecular flexibility index (Phi) is 8.63. The van der Waals surface area contributed by atoms with Gasteiger partial charge in [-0.25, -0.2) is 9.37 Å². The van der Waals surface area contributed by atoms with E-state index in [4.69, 9.17) is 4.98 Å². The maximum absolute atomic E-state index is 15.8. The summed E-state index contributed by atoms with van der Waals surface area (Å²) in [5.41, 5.74) is 5.22. The van der Waals surface area contributed by atoms with Crippen molar-refractivity contribution in [3.63, 3.8) is 0 Å². The Morgan fingerprint density at radius 3 is 2.82 bits per heavy atom. The molecule has 208 valence electrons. The lowest BCUT2D eigenvalue weighted by Crippen LogP contribution is -2.35. The molecule has 0 saturated carbocycles. The van der Waals surface area contributed by atoms with Crippen LogP contribution in [0.2, 0.25) is 0 Å². The normalized spacial score (nSPS) is 19.7. The Morgan fingerprint density at radius 2 is 2.08 bits per heavy atom. The summed E-state index contributed by atoms with van der Waals surface area (Å²) in [6.07, 6.45) is 9.59. The first-order valence-corrected chi connectivity index (χ1v) is 14.6. The molecule has 0 radical (unpaired) electrons. The van der Waals surface area contributed by atoms with Crippen LogP contribution in [0.1, 0.15) is 66.1 Å². The monoisotopic (exact) mass is 551 g/mol.